The van der Waals surface area contributed by atoms with Crippen molar-refractivity contribution < 1.29 is 12.8 Å². The smallest absolute Gasteiger partial charge is 0.271 e. The van der Waals surface area contributed by atoms with Crippen molar-refractivity contribution in [2.24, 2.45) is 0 Å². The molecule has 0 aromatic heterocycles. The molecular formula is C9H10FN3O2S. The Bertz CT molecular complexity index is 534. The van der Waals surface area contributed by atoms with E-state index in [9.17, 15) is 12.8 Å². The largest absolute Gasteiger partial charge is 0.301 e. The second-order valence-electron chi connectivity index (χ2n) is 3.20. The molecule has 16 heavy (non-hydrogen) atoms. The molecule has 0 bridgehead atoms. The summed E-state index contributed by atoms with van der Waals surface area (Å²) in [4.78, 5) is 0. The van der Waals surface area contributed by atoms with Crippen LogP contribution in [0.2, 0.25) is 0 Å². The van der Waals surface area contributed by atoms with Crippen LogP contribution in [0.4, 0.5) is 10.1 Å². The van der Waals surface area contributed by atoms with Gasteiger partial charge >= 0.3 is 10.2 Å². The van der Waals surface area contributed by atoms with Crippen LogP contribution in [-0.2, 0) is 10.2 Å². The molecule has 0 radical (unpaired) electrons. The lowest BCUT2D eigenvalue weighted by Crippen LogP contribution is -2.28. The lowest BCUT2D eigenvalue weighted by Gasteiger charge is -2.13. The van der Waals surface area contributed by atoms with Crippen molar-refractivity contribution in [3.05, 3.63) is 29.6 Å². The van der Waals surface area contributed by atoms with E-state index in [2.05, 4.69) is 4.72 Å². The summed E-state index contributed by atoms with van der Waals surface area (Å²) >= 11 is 0. The lowest BCUT2D eigenvalue weighted by atomic mass is 10.2. The number of anilines is 1. The van der Waals surface area contributed by atoms with Crippen molar-refractivity contribution in [1.82, 2.24) is 4.31 Å². The molecule has 1 N–H and O–H groups in total. The number of nitrogens with one attached hydrogen (secondary N) is 1. The second-order valence-corrected chi connectivity index (χ2v) is 5.08. The molecule has 1 aromatic carbocycles. The predicted octanol–water partition coefficient (Wildman–Crippen LogP) is 0.916. The number of nitriles is 1. The standard InChI is InChI=1S/C9H10FN3O2S/c1-13(2)16(14,15)12-8-3-4-9(10)7(5-8)6-11/h3-5,12H,1-2H3. The molecule has 1 aromatic rings. The maximum absolute atomic E-state index is 13.0. The molecule has 0 aliphatic rings. The first kappa shape index (κ1) is 12.4. The number of nitrogens with zero attached hydrogens (tertiary/aromatic N) is 2. The summed E-state index contributed by atoms with van der Waals surface area (Å²) in [5, 5.41) is 8.57. The summed E-state index contributed by atoms with van der Waals surface area (Å²) in [5.74, 6) is -0.685. The zero-order valence-corrected chi connectivity index (χ0v) is 9.55. The molecule has 0 saturated heterocycles. The van der Waals surface area contributed by atoms with Crippen LogP contribution in [0.1, 0.15) is 5.56 Å². The topological polar surface area (TPSA) is 73.2 Å². The second kappa shape index (κ2) is 4.47. The Morgan fingerprint density at radius 2 is 2.06 bits per heavy atom. The highest BCUT2D eigenvalue weighted by Gasteiger charge is 2.13. The van der Waals surface area contributed by atoms with Gasteiger partial charge in [-0.05, 0) is 18.2 Å². The Balaban J connectivity index is 3.06. The first-order valence-corrected chi connectivity index (χ1v) is 5.71. The summed E-state index contributed by atoms with van der Waals surface area (Å²) in [6.07, 6.45) is 0. The lowest BCUT2D eigenvalue weighted by molar-refractivity contribution is 0.527. The van der Waals surface area contributed by atoms with E-state index >= 15 is 0 Å². The minimum absolute atomic E-state index is 0.145. The highest BCUT2D eigenvalue weighted by Crippen LogP contribution is 2.15. The fraction of sp³-hybridized carbons (Fsp3) is 0.222. The monoisotopic (exact) mass is 243 g/mol. The average molecular weight is 243 g/mol. The van der Waals surface area contributed by atoms with E-state index < -0.39 is 16.0 Å². The molecule has 0 fully saturated rings. The minimum atomic E-state index is -3.64. The molecular weight excluding hydrogens is 233 g/mol. The maximum Gasteiger partial charge on any atom is 0.301 e. The molecule has 0 amide bonds. The fourth-order valence-corrected chi connectivity index (χ4v) is 1.52. The number of hydrogen-bond acceptors (Lipinski definition) is 3. The van der Waals surface area contributed by atoms with E-state index in [1.807, 2.05) is 0 Å². The summed E-state index contributed by atoms with van der Waals surface area (Å²) in [7, 11) is -0.921. The van der Waals surface area contributed by atoms with Gasteiger partial charge in [0.2, 0.25) is 0 Å². The van der Waals surface area contributed by atoms with E-state index in [-0.39, 0.29) is 11.3 Å². The van der Waals surface area contributed by atoms with Crippen molar-refractivity contribution in [3.63, 3.8) is 0 Å². The van der Waals surface area contributed by atoms with Crippen molar-refractivity contribution in [3.8, 4) is 6.07 Å². The van der Waals surface area contributed by atoms with Gasteiger partial charge in [0.25, 0.3) is 0 Å². The van der Waals surface area contributed by atoms with Crippen molar-refractivity contribution in [2.75, 3.05) is 18.8 Å². The Hall–Kier alpha value is -1.65. The van der Waals surface area contributed by atoms with Crippen molar-refractivity contribution in [1.29, 1.82) is 5.26 Å². The van der Waals surface area contributed by atoms with Crippen LogP contribution < -0.4 is 4.72 Å². The summed E-state index contributed by atoms with van der Waals surface area (Å²) in [5.41, 5.74) is -0.0643. The van der Waals surface area contributed by atoms with Gasteiger partial charge < -0.3 is 0 Å². The Morgan fingerprint density at radius 3 is 2.56 bits per heavy atom. The van der Waals surface area contributed by atoms with Crippen LogP contribution in [0.5, 0.6) is 0 Å². The summed E-state index contributed by atoms with van der Waals surface area (Å²) < 4.78 is 39.0. The SMILES string of the molecule is CN(C)S(=O)(=O)Nc1ccc(F)c(C#N)c1. The third kappa shape index (κ3) is 2.68. The quantitative estimate of drug-likeness (QED) is 0.857. The Labute approximate surface area is 93.3 Å². The summed E-state index contributed by atoms with van der Waals surface area (Å²) in [6, 6.07) is 5.04. The molecule has 0 spiro atoms. The van der Waals surface area contributed by atoms with Gasteiger partial charge in [-0.25, -0.2) is 4.39 Å². The molecule has 5 nitrogen and oxygen atoms in total. The van der Waals surface area contributed by atoms with E-state index in [1.54, 1.807) is 6.07 Å². The van der Waals surface area contributed by atoms with E-state index in [0.29, 0.717) is 0 Å². The van der Waals surface area contributed by atoms with Gasteiger partial charge in [0, 0.05) is 14.1 Å². The summed E-state index contributed by atoms with van der Waals surface area (Å²) in [6.45, 7) is 0. The number of hydrogen-bond donors (Lipinski definition) is 1. The zero-order valence-electron chi connectivity index (χ0n) is 8.73. The van der Waals surface area contributed by atoms with E-state index in [1.165, 1.54) is 20.2 Å². The van der Waals surface area contributed by atoms with Crippen LogP contribution in [0.3, 0.4) is 0 Å². The van der Waals surface area contributed by atoms with Crippen LogP contribution in [-0.4, -0.2) is 26.8 Å². The maximum atomic E-state index is 13.0. The third-order valence-corrected chi connectivity index (χ3v) is 3.27. The minimum Gasteiger partial charge on any atom is -0.271 e. The molecule has 7 heteroatoms. The highest BCUT2D eigenvalue weighted by atomic mass is 32.2. The zero-order chi connectivity index (χ0) is 12.3. The average Bonchev–Trinajstić information content (AvgIpc) is 2.20. The van der Waals surface area contributed by atoms with Crippen molar-refractivity contribution in [2.45, 2.75) is 0 Å². The molecule has 1 rings (SSSR count). The van der Waals surface area contributed by atoms with E-state index in [0.717, 1.165) is 16.4 Å². The van der Waals surface area contributed by atoms with Gasteiger partial charge in [-0.2, -0.15) is 18.0 Å². The third-order valence-electron chi connectivity index (χ3n) is 1.81. The van der Waals surface area contributed by atoms with Gasteiger partial charge in [0.1, 0.15) is 11.9 Å². The van der Waals surface area contributed by atoms with E-state index in [4.69, 9.17) is 5.26 Å². The first-order valence-electron chi connectivity index (χ1n) is 4.27. The highest BCUT2D eigenvalue weighted by molar-refractivity contribution is 7.90. The first-order chi connectivity index (χ1) is 7.36. The van der Waals surface area contributed by atoms with Gasteiger partial charge in [0.15, 0.2) is 0 Å². The normalized spacial score (nSPS) is 11.2. The number of rotatable bonds is 3. The van der Waals surface area contributed by atoms with Gasteiger partial charge in [-0.15, -0.1) is 0 Å². The van der Waals surface area contributed by atoms with Crippen LogP contribution in [0.15, 0.2) is 18.2 Å². The molecule has 0 atom stereocenters. The number of benzene rings is 1. The number of halogens is 1. The molecule has 0 unspecified atom stereocenters. The van der Waals surface area contributed by atoms with Crippen LogP contribution >= 0.6 is 0 Å². The van der Waals surface area contributed by atoms with Gasteiger partial charge in [-0.1, -0.05) is 0 Å². The molecule has 0 heterocycles. The van der Waals surface area contributed by atoms with Gasteiger partial charge in [-0.3, -0.25) is 4.72 Å². The fourth-order valence-electron chi connectivity index (χ4n) is 0.915. The Kier molecular flexibility index (Phi) is 3.47. The molecule has 86 valence electrons. The van der Waals surface area contributed by atoms with Crippen LogP contribution in [0.25, 0.3) is 0 Å². The Morgan fingerprint density at radius 1 is 1.44 bits per heavy atom. The predicted molar refractivity (Wildman–Crippen MR) is 57.3 cm³/mol. The molecule has 0 aliphatic heterocycles. The molecule has 0 aliphatic carbocycles. The van der Waals surface area contributed by atoms with Crippen molar-refractivity contribution >= 4 is 15.9 Å². The van der Waals surface area contributed by atoms with Crippen LogP contribution in [0, 0.1) is 17.1 Å². The molecule has 0 saturated carbocycles. The van der Waals surface area contributed by atoms with Gasteiger partial charge in [0.05, 0.1) is 11.3 Å².